The number of likely N-dealkylation sites (N-methyl/N-ethyl adjacent to an activating group) is 1. The number of allylic oxidation sites excluding steroid dienone is 1. The van der Waals surface area contributed by atoms with Crippen molar-refractivity contribution in [2.45, 2.75) is 94.9 Å². The van der Waals surface area contributed by atoms with Crippen molar-refractivity contribution in [2.75, 3.05) is 33.8 Å². The van der Waals surface area contributed by atoms with E-state index in [1.54, 1.807) is 19.4 Å². The Morgan fingerprint density at radius 1 is 0.981 bits per heavy atom. The van der Waals surface area contributed by atoms with E-state index in [9.17, 15) is 18.0 Å². The Morgan fingerprint density at radius 2 is 1.78 bits per heavy atom. The molecule has 4 aliphatic rings. The number of nitrogens with one attached hydrogen (secondary N) is 1. The molecule has 0 radical (unpaired) electrons. The maximum absolute atomic E-state index is 14.5. The highest BCUT2D eigenvalue weighted by molar-refractivity contribution is 7.90. The third kappa shape index (κ3) is 6.55. The number of methoxy groups -OCH3 is 1. The van der Waals surface area contributed by atoms with Gasteiger partial charge in [-0.3, -0.25) is 14.3 Å². The molecule has 11 nitrogen and oxygen atoms in total. The first-order chi connectivity index (χ1) is 26.1. The number of likely N-dealkylation sites (tertiary alicyclic amines) is 1. The van der Waals surface area contributed by atoms with E-state index in [2.05, 4.69) is 51.5 Å². The molecule has 8 rings (SSSR count). The Bertz CT molecular complexity index is 2240. The van der Waals surface area contributed by atoms with E-state index < -0.39 is 21.2 Å². The molecule has 0 bridgehead atoms. The van der Waals surface area contributed by atoms with Crippen molar-refractivity contribution in [3.05, 3.63) is 70.5 Å². The first-order valence-electron chi connectivity index (χ1n) is 19.7. The number of fused-ring (bicyclic) bond motifs is 5. The molecule has 3 fully saturated rings. The second-order valence-corrected chi connectivity index (χ2v) is 17.7. The Morgan fingerprint density at radius 3 is 2.50 bits per heavy atom. The van der Waals surface area contributed by atoms with Gasteiger partial charge in [0.15, 0.2) is 0 Å². The summed E-state index contributed by atoms with van der Waals surface area (Å²) in [6.45, 7) is 5.02. The molecule has 2 aliphatic carbocycles. The molecular formula is C42H52N6O5S. The van der Waals surface area contributed by atoms with Crippen LogP contribution in [-0.4, -0.2) is 89.5 Å². The minimum atomic E-state index is -3.76. The van der Waals surface area contributed by atoms with E-state index in [0.29, 0.717) is 43.0 Å². The van der Waals surface area contributed by atoms with Crippen LogP contribution in [0, 0.1) is 0 Å². The fraction of sp³-hybridized carbons (Fsp3) is 0.500. The van der Waals surface area contributed by atoms with Crippen molar-refractivity contribution in [3.63, 3.8) is 0 Å². The molecule has 1 unspecified atom stereocenters. The quantitative estimate of drug-likeness (QED) is 0.189. The third-order valence-electron chi connectivity index (χ3n) is 12.5. The fourth-order valence-corrected chi connectivity index (χ4v) is 10.7. The van der Waals surface area contributed by atoms with Crippen molar-refractivity contribution < 1.29 is 22.7 Å². The van der Waals surface area contributed by atoms with Crippen LogP contribution < -0.4 is 9.46 Å². The molecular weight excluding hydrogens is 701 g/mol. The summed E-state index contributed by atoms with van der Waals surface area (Å²) in [5.41, 5.74) is 7.83. The lowest BCUT2D eigenvalue weighted by atomic mass is 9.81. The average molecular weight is 753 g/mol. The van der Waals surface area contributed by atoms with Crippen LogP contribution in [0.5, 0.6) is 5.75 Å². The van der Waals surface area contributed by atoms with E-state index in [0.717, 1.165) is 103 Å². The SMILES string of the molecule is CCN(C)CC1CCCN1C(=O)c1cnn(C)c1C1=Cc2cc(OC)ccc2-c2c(C3CCCCC3)c3ccc(C(=O)NS(=O)(=O)C4CCC4)cc3n2C1. The predicted molar refractivity (Wildman–Crippen MR) is 212 cm³/mol. The van der Waals surface area contributed by atoms with Crippen LogP contribution in [0.15, 0.2) is 42.6 Å². The Labute approximate surface area is 318 Å². The number of carbonyl (C=O) groups excluding carboxylic acids is 2. The monoisotopic (exact) mass is 752 g/mol. The standard InChI is InChI=1S/C42H52N6O5S/c1-5-45(2)26-31-13-10-20-47(31)42(50)36-24-43-46(3)39(36)30-21-29-22-32(53-4)17-19-34(29)40-38(27-11-7-6-8-12-27)35-18-16-28(23-37(35)48(40)25-30)41(49)44-54(51,52)33-14-9-15-33/h16-19,21-24,27,31,33H,5-15,20,25-26H2,1-4H3,(H,44,49). The number of hydrogen-bond acceptors (Lipinski definition) is 7. The molecule has 54 heavy (non-hydrogen) atoms. The smallest absolute Gasteiger partial charge is 0.264 e. The van der Waals surface area contributed by atoms with E-state index in [1.165, 1.54) is 12.0 Å². The van der Waals surface area contributed by atoms with Gasteiger partial charge in [0, 0.05) is 48.2 Å². The fourth-order valence-electron chi connectivity index (χ4n) is 9.19. The van der Waals surface area contributed by atoms with Crippen LogP contribution in [0.3, 0.4) is 0 Å². The third-order valence-corrected chi connectivity index (χ3v) is 14.3. The normalized spacial score (nSPS) is 19.3. The summed E-state index contributed by atoms with van der Waals surface area (Å²) in [6.07, 6.45) is 13.5. The van der Waals surface area contributed by atoms with Crippen LogP contribution in [0.1, 0.15) is 115 Å². The first-order valence-corrected chi connectivity index (χ1v) is 21.3. The topological polar surface area (TPSA) is 119 Å². The van der Waals surface area contributed by atoms with Gasteiger partial charge < -0.3 is 19.1 Å². The van der Waals surface area contributed by atoms with Gasteiger partial charge in [0.1, 0.15) is 5.75 Å². The average Bonchev–Trinajstić information content (AvgIpc) is 3.82. The van der Waals surface area contributed by atoms with Crippen molar-refractivity contribution in [1.82, 2.24) is 28.9 Å². The summed E-state index contributed by atoms with van der Waals surface area (Å²) < 4.78 is 38.3. The zero-order valence-electron chi connectivity index (χ0n) is 31.9. The van der Waals surface area contributed by atoms with Gasteiger partial charge in [0.05, 0.1) is 42.1 Å². The van der Waals surface area contributed by atoms with Crippen molar-refractivity contribution in [3.8, 4) is 17.0 Å². The van der Waals surface area contributed by atoms with Crippen LogP contribution >= 0.6 is 0 Å². The number of hydrogen-bond donors (Lipinski definition) is 1. The highest BCUT2D eigenvalue weighted by atomic mass is 32.2. The van der Waals surface area contributed by atoms with Crippen LogP contribution in [0.2, 0.25) is 0 Å². The van der Waals surface area contributed by atoms with Crippen molar-refractivity contribution >= 4 is 44.4 Å². The molecule has 0 spiro atoms. The second-order valence-electron chi connectivity index (χ2n) is 15.7. The number of ether oxygens (including phenoxy) is 1. The molecule has 1 N–H and O–H groups in total. The Hall–Kier alpha value is -4.42. The van der Waals surface area contributed by atoms with Gasteiger partial charge in [0.25, 0.3) is 11.8 Å². The molecule has 2 aromatic heterocycles. The lowest BCUT2D eigenvalue weighted by molar-refractivity contribution is 0.0710. The molecule has 286 valence electrons. The van der Waals surface area contributed by atoms with Gasteiger partial charge in [-0.25, -0.2) is 13.1 Å². The van der Waals surface area contributed by atoms with Gasteiger partial charge in [-0.05, 0) is 111 Å². The van der Waals surface area contributed by atoms with Crippen LogP contribution in [-0.2, 0) is 23.6 Å². The van der Waals surface area contributed by atoms with Crippen molar-refractivity contribution in [2.24, 2.45) is 7.05 Å². The molecule has 2 aliphatic heterocycles. The molecule has 4 heterocycles. The molecule has 2 saturated carbocycles. The largest absolute Gasteiger partial charge is 0.497 e. The summed E-state index contributed by atoms with van der Waals surface area (Å²) in [7, 11) is 1.91. The summed E-state index contributed by atoms with van der Waals surface area (Å²) in [5, 5.41) is 5.22. The minimum Gasteiger partial charge on any atom is -0.497 e. The number of benzene rings is 2. The van der Waals surface area contributed by atoms with E-state index in [-0.39, 0.29) is 11.9 Å². The molecule has 1 atom stereocenters. The summed E-state index contributed by atoms with van der Waals surface area (Å²) in [4.78, 5) is 32.4. The maximum Gasteiger partial charge on any atom is 0.264 e. The summed E-state index contributed by atoms with van der Waals surface area (Å²) in [5.74, 6) is 0.450. The van der Waals surface area contributed by atoms with E-state index in [4.69, 9.17) is 4.74 Å². The second kappa shape index (κ2) is 14.7. The van der Waals surface area contributed by atoms with Crippen LogP contribution in [0.25, 0.3) is 33.8 Å². The number of sulfonamides is 1. The molecule has 2 aromatic carbocycles. The number of aromatic nitrogens is 3. The zero-order valence-corrected chi connectivity index (χ0v) is 32.8. The predicted octanol–water partition coefficient (Wildman–Crippen LogP) is 6.82. The lowest BCUT2D eigenvalue weighted by Gasteiger charge is -2.28. The van der Waals surface area contributed by atoms with E-state index >= 15 is 0 Å². The number of rotatable bonds is 10. The Kier molecular flexibility index (Phi) is 9.93. The summed E-state index contributed by atoms with van der Waals surface area (Å²) in [6, 6.07) is 12.0. The van der Waals surface area contributed by atoms with Gasteiger partial charge in [-0.1, -0.05) is 38.7 Å². The highest BCUT2D eigenvalue weighted by Gasteiger charge is 2.36. The molecule has 4 aromatic rings. The highest BCUT2D eigenvalue weighted by Crippen LogP contribution is 2.48. The maximum atomic E-state index is 14.5. The zero-order chi connectivity index (χ0) is 37.7. The number of carbonyl (C=O) groups is 2. The lowest BCUT2D eigenvalue weighted by Crippen LogP contribution is -2.42. The van der Waals surface area contributed by atoms with Gasteiger partial charge in [0.2, 0.25) is 10.0 Å². The minimum absolute atomic E-state index is 0.00627. The number of aryl methyl sites for hydroxylation is 1. The van der Waals surface area contributed by atoms with Gasteiger partial charge in [-0.15, -0.1) is 0 Å². The van der Waals surface area contributed by atoms with Crippen LogP contribution in [0.4, 0.5) is 0 Å². The molecule has 12 heteroatoms. The Balaban J connectivity index is 1.28. The van der Waals surface area contributed by atoms with Crippen molar-refractivity contribution in [1.29, 1.82) is 0 Å². The number of amides is 2. The van der Waals surface area contributed by atoms with E-state index in [1.807, 2.05) is 34.8 Å². The van der Waals surface area contributed by atoms with Gasteiger partial charge >= 0.3 is 0 Å². The summed E-state index contributed by atoms with van der Waals surface area (Å²) >= 11 is 0. The number of nitrogens with zero attached hydrogens (tertiary/aromatic N) is 5. The van der Waals surface area contributed by atoms with Gasteiger partial charge in [-0.2, -0.15) is 5.10 Å². The first kappa shape index (κ1) is 36.6. The molecule has 1 saturated heterocycles. The molecule has 2 amide bonds.